The van der Waals surface area contributed by atoms with Gasteiger partial charge in [-0.2, -0.15) is 0 Å². The molecule has 2 unspecified atom stereocenters. The Balaban J connectivity index is 1.79. The second-order valence-electron chi connectivity index (χ2n) is 12.2. The molecule has 3 fully saturated rings. The van der Waals surface area contributed by atoms with Crippen molar-refractivity contribution in [3.63, 3.8) is 0 Å². The molecule has 42 heavy (non-hydrogen) atoms. The first kappa shape index (κ1) is 31.8. The molecule has 3 heterocycles. The number of ether oxygens (including phenoxy) is 1. The van der Waals surface area contributed by atoms with Crippen LogP contribution in [-0.4, -0.2) is 96.3 Å². The fraction of sp³-hybridized carbons (Fsp3) is 0.606. The Kier molecular flexibility index (Phi) is 9.83. The summed E-state index contributed by atoms with van der Waals surface area (Å²) in [5, 5.41) is 10.5. The van der Waals surface area contributed by atoms with Crippen LogP contribution in [0.2, 0.25) is 0 Å². The van der Waals surface area contributed by atoms with Gasteiger partial charge in [-0.05, 0) is 63.3 Å². The van der Waals surface area contributed by atoms with Crippen LogP contribution in [0.5, 0.6) is 0 Å². The number of likely N-dealkylation sites (N-methyl/N-ethyl adjacent to an activating group) is 1. The maximum atomic E-state index is 14.8. The van der Waals surface area contributed by atoms with E-state index in [2.05, 4.69) is 31.9 Å². The van der Waals surface area contributed by atoms with E-state index in [1.165, 1.54) is 0 Å². The van der Waals surface area contributed by atoms with E-state index in [0.717, 1.165) is 18.8 Å². The smallest absolute Gasteiger partial charge is 0.253 e. The number of hydrogen-bond donors (Lipinski definition) is 1. The highest BCUT2D eigenvalue weighted by atomic mass is 16.5. The van der Waals surface area contributed by atoms with E-state index in [0.29, 0.717) is 31.5 Å². The molecule has 1 spiro atoms. The van der Waals surface area contributed by atoms with E-state index in [1.54, 1.807) is 33.9 Å². The average molecular weight is 581 g/mol. The number of amides is 3. The summed E-state index contributed by atoms with van der Waals surface area (Å²) in [5.41, 5.74) is 0.614. The highest BCUT2D eigenvalue weighted by Gasteiger charge is 2.75. The molecule has 4 rings (SSSR count). The molecule has 1 N–H and O–H groups in total. The molecular weight excluding hydrogens is 532 g/mol. The molecule has 3 aliphatic rings. The molecule has 0 radical (unpaired) electrons. The Morgan fingerprint density at radius 3 is 2.26 bits per heavy atom. The molecule has 6 atom stereocenters. The average Bonchev–Trinajstić information content (AvgIpc) is 3.62. The van der Waals surface area contributed by atoms with E-state index in [9.17, 15) is 19.5 Å². The predicted molar refractivity (Wildman–Crippen MR) is 165 cm³/mol. The number of carbonyl (C=O) groups excluding carboxylic acids is 3. The van der Waals surface area contributed by atoms with Gasteiger partial charge < -0.3 is 29.4 Å². The van der Waals surface area contributed by atoms with Gasteiger partial charge >= 0.3 is 0 Å². The van der Waals surface area contributed by atoms with Gasteiger partial charge in [0.05, 0.1) is 30.6 Å². The fourth-order valence-corrected chi connectivity index (χ4v) is 7.44. The second-order valence-corrected chi connectivity index (χ2v) is 12.2. The van der Waals surface area contributed by atoms with Crippen LogP contribution in [0.1, 0.15) is 47.0 Å². The number of anilines is 2. The van der Waals surface area contributed by atoms with Crippen molar-refractivity contribution in [1.29, 1.82) is 0 Å². The van der Waals surface area contributed by atoms with E-state index in [4.69, 9.17) is 4.74 Å². The monoisotopic (exact) mass is 580 g/mol. The van der Waals surface area contributed by atoms with Crippen LogP contribution in [0.4, 0.5) is 11.4 Å². The third-order valence-corrected chi connectivity index (χ3v) is 9.25. The largest absolute Gasteiger partial charge is 0.394 e. The second kappa shape index (κ2) is 13.0. The molecule has 3 saturated heterocycles. The van der Waals surface area contributed by atoms with Crippen LogP contribution >= 0.6 is 0 Å². The summed E-state index contributed by atoms with van der Waals surface area (Å²) in [7, 11) is 1.70. The number of hydrogen-bond acceptors (Lipinski definition) is 6. The number of fused-ring (bicyclic) bond motifs is 1. The maximum absolute atomic E-state index is 14.8. The lowest BCUT2D eigenvalue weighted by atomic mass is 9.70. The molecule has 0 aromatic heterocycles. The van der Waals surface area contributed by atoms with Crippen LogP contribution in [0.3, 0.4) is 0 Å². The third-order valence-electron chi connectivity index (χ3n) is 9.25. The number of aliphatic hydroxyl groups is 1. The van der Waals surface area contributed by atoms with Crippen molar-refractivity contribution < 1.29 is 24.2 Å². The van der Waals surface area contributed by atoms with E-state index in [1.807, 2.05) is 38.1 Å². The first-order valence-corrected chi connectivity index (χ1v) is 15.3. The molecule has 2 bridgehead atoms. The van der Waals surface area contributed by atoms with Crippen molar-refractivity contribution in [3.05, 3.63) is 49.6 Å². The summed E-state index contributed by atoms with van der Waals surface area (Å²) in [5.74, 6) is -2.04. The van der Waals surface area contributed by atoms with Gasteiger partial charge in [-0.15, -0.1) is 13.2 Å². The lowest BCUT2D eigenvalue weighted by Crippen LogP contribution is -2.59. The number of nitrogens with zero attached hydrogens (tertiary/aromatic N) is 4. The van der Waals surface area contributed by atoms with Crippen LogP contribution < -0.4 is 9.80 Å². The van der Waals surface area contributed by atoms with Crippen molar-refractivity contribution in [2.75, 3.05) is 49.6 Å². The molecule has 0 aliphatic carbocycles. The van der Waals surface area contributed by atoms with Crippen LogP contribution in [0, 0.1) is 17.8 Å². The summed E-state index contributed by atoms with van der Waals surface area (Å²) in [6.07, 6.45) is 4.50. The molecule has 230 valence electrons. The van der Waals surface area contributed by atoms with E-state index in [-0.39, 0.29) is 36.8 Å². The first-order valence-electron chi connectivity index (χ1n) is 15.3. The molecule has 0 saturated carbocycles. The zero-order chi connectivity index (χ0) is 30.8. The molecule has 3 aliphatic heterocycles. The number of aliphatic hydroxyl groups excluding tert-OH is 1. The van der Waals surface area contributed by atoms with Crippen LogP contribution in [-0.2, 0) is 19.1 Å². The van der Waals surface area contributed by atoms with Gasteiger partial charge in [0.1, 0.15) is 11.6 Å². The van der Waals surface area contributed by atoms with Gasteiger partial charge in [0.25, 0.3) is 5.91 Å². The number of rotatable bonds is 14. The van der Waals surface area contributed by atoms with Crippen molar-refractivity contribution >= 4 is 29.1 Å². The Hall–Kier alpha value is -3.17. The molecule has 1 aromatic carbocycles. The normalized spacial score (nSPS) is 26.7. The minimum Gasteiger partial charge on any atom is -0.394 e. The van der Waals surface area contributed by atoms with Gasteiger partial charge in [0.2, 0.25) is 11.8 Å². The Bertz CT molecular complexity index is 1170. The minimum atomic E-state index is -1.14. The standard InChI is InChI=1S/C33H48N4O5/c1-8-18-34(7)30(39)27-26-16-17-33(42-26)28(27)31(40)37(25(21-38)20-22(5)6)29(33)32(41)36(19-9-2)24-14-12-23(13-15-24)35(10-3)11-4/h8-9,12-15,22,25-29,38H,1-2,10-11,16-21H2,3-7H3/t25-,26-,27+,28+,29?,33?/m1/s1. The van der Waals surface area contributed by atoms with Crippen LogP contribution in [0.25, 0.3) is 0 Å². The van der Waals surface area contributed by atoms with Crippen molar-refractivity contribution in [2.24, 2.45) is 17.8 Å². The van der Waals surface area contributed by atoms with Crippen molar-refractivity contribution in [3.8, 4) is 0 Å². The Labute approximate surface area is 250 Å². The number of benzene rings is 1. The van der Waals surface area contributed by atoms with E-state index < -0.39 is 35.6 Å². The van der Waals surface area contributed by atoms with Gasteiger partial charge in [-0.3, -0.25) is 14.4 Å². The molecule has 1 aromatic rings. The molecule has 9 nitrogen and oxygen atoms in total. The Morgan fingerprint density at radius 1 is 1.10 bits per heavy atom. The zero-order valence-corrected chi connectivity index (χ0v) is 25.9. The highest BCUT2D eigenvalue weighted by Crippen LogP contribution is 2.59. The summed E-state index contributed by atoms with van der Waals surface area (Å²) in [6, 6.07) is 6.30. The van der Waals surface area contributed by atoms with Gasteiger partial charge in [-0.1, -0.05) is 26.0 Å². The van der Waals surface area contributed by atoms with Crippen LogP contribution in [0.15, 0.2) is 49.6 Å². The van der Waals surface area contributed by atoms with Gasteiger partial charge in [0, 0.05) is 44.6 Å². The summed E-state index contributed by atoms with van der Waals surface area (Å²) >= 11 is 0. The van der Waals surface area contributed by atoms with E-state index >= 15 is 0 Å². The Morgan fingerprint density at radius 2 is 1.71 bits per heavy atom. The predicted octanol–water partition coefficient (Wildman–Crippen LogP) is 3.48. The number of carbonyl (C=O) groups is 3. The van der Waals surface area contributed by atoms with Gasteiger partial charge in [-0.25, -0.2) is 0 Å². The fourth-order valence-electron chi connectivity index (χ4n) is 7.44. The lowest BCUT2D eigenvalue weighted by Gasteiger charge is -2.39. The summed E-state index contributed by atoms with van der Waals surface area (Å²) in [4.78, 5) is 49.9. The SMILES string of the molecule is C=CCN(C)C(=O)[C@@H]1[C@H]2C(=O)N([C@@H](CO)CC(C)C)C(C(=O)N(CC=C)c3ccc(N(CC)CC)cc3)C23CC[C@H]1O3. The quantitative estimate of drug-likeness (QED) is 0.339. The zero-order valence-electron chi connectivity index (χ0n) is 25.9. The summed E-state index contributed by atoms with van der Waals surface area (Å²) < 4.78 is 6.63. The van der Waals surface area contributed by atoms with Crippen molar-refractivity contribution in [2.45, 2.75) is 70.7 Å². The van der Waals surface area contributed by atoms with Crippen molar-refractivity contribution in [1.82, 2.24) is 9.80 Å². The summed E-state index contributed by atoms with van der Waals surface area (Å²) in [6.45, 7) is 18.0. The topological polar surface area (TPSA) is 93.6 Å². The molecule has 3 amide bonds. The molecule has 9 heteroatoms. The third kappa shape index (κ3) is 5.37. The van der Waals surface area contributed by atoms with Gasteiger partial charge in [0.15, 0.2) is 0 Å². The highest BCUT2D eigenvalue weighted by molar-refractivity contribution is 6.05. The minimum absolute atomic E-state index is 0.174. The first-order chi connectivity index (χ1) is 20.1. The maximum Gasteiger partial charge on any atom is 0.253 e. The number of likely N-dealkylation sites (tertiary alicyclic amines) is 1. The molecular formula is C33H48N4O5. The lowest BCUT2D eigenvalue weighted by molar-refractivity contribution is -0.147.